The van der Waals surface area contributed by atoms with Gasteiger partial charge < -0.3 is 9.64 Å². The summed E-state index contributed by atoms with van der Waals surface area (Å²) in [6.07, 6.45) is -15.1. The first kappa shape index (κ1) is 22.6. The summed E-state index contributed by atoms with van der Waals surface area (Å²) in [5.41, 5.74) is -2.60. The minimum absolute atomic E-state index is 0.139. The molecular weight excluding hydrogens is 423 g/mol. The van der Waals surface area contributed by atoms with Crippen LogP contribution in [0.2, 0.25) is 0 Å². The molecule has 1 heterocycles. The summed E-state index contributed by atoms with van der Waals surface area (Å²) in [6.45, 7) is -3.15. The fourth-order valence-electron chi connectivity index (χ4n) is 2.49. The summed E-state index contributed by atoms with van der Waals surface area (Å²) in [5.74, 6) is -1.68. The molecule has 0 bridgehead atoms. The predicted octanol–water partition coefficient (Wildman–Crippen LogP) is 5.11. The van der Waals surface area contributed by atoms with Crippen molar-refractivity contribution >= 4 is 22.6 Å². The number of halogens is 9. The van der Waals surface area contributed by atoms with E-state index in [4.69, 9.17) is 0 Å². The Bertz CT molecular complexity index is 888. The summed E-state index contributed by atoms with van der Waals surface area (Å²) in [7, 11) is 0. The molecule has 160 valence electrons. The first-order valence-electron chi connectivity index (χ1n) is 7.64. The zero-order chi connectivity index (χ0) is 22.2. The largest absolute Gasteiger partial charge is 0.417 e. The third kappa shape index (κ3) is 6.39. The van der Waals surface area contributed by atoms with Crippen LogP contribution in [-0.4, -0.2) is 36.4 Å². The van der Waals surface area contributed by atoms with Crippen LogP contribution in [-0.2, 0) is 11.0 Å². The van der Waals surface area contributed by atoms with Crippen LogP contribution in [0.15, 0.2) is 24.3 Å². The van der Waals surface area contributed by atoms with Gasteiger partial charge in [0, 0.05) is 24.1 Å². The maximum absolute atomic E-state index is 13.4. The van der Waals surface area contributed by atoms with Crippen molar-refractivity contribution in [2.24, 2.45) is 0 Å². The Morgan fingerprint density at radius 2 is 1.52 bits per heavy atom. The van der Waals surface area contributed by atoms with E-state index in [0.717, 1.165) is 19.1 Å². The number of carbonyl (C=O) groups is 1. The van der Waals surface area contributed by atoms with Gasteiger partial charge in [-0.05, 0) is 18.2 Å². The molecule has 0 aliphatic carbocycles. The molecule has 0 atom stereocenters. The standard InChI is InChI=1S/C16H11F9N2O2/c1-8(28)29-13-5-11(16(23,24)25)10-4-9(2-3-12(10)26-13)27(6-14(17,18)19)7-15(20,21)22/h2-5H,6-7H2,1H3. The number of nitrogens with zero attached hydrogens (tertiary/aromatic N) is 2. The summed E-state index contributed by atoms with van der Waals surface area (Å²) < 4.78 is 121. The van der Waals surface area contributed by atoms with Gasteiger partial charge in [0.1, 0.15) is 13.1 Å². The maximum Gasteiger partial charge on any atom is 0.417 e. The van der Waals surface area contributed by atoms with E-state index < -0.39 is 65.6 Å². The number of aromatic nitrogens is 1. The number of rotatable bonds is 4. The van der Waals surface area contributed by atoms with Gasteiger partial charge in [-0.3, -0.25) is 4.79 Å². The zero-order valence-electron chi connectivity index (χ0n) is 14.3. The Morgan fingerprint density at radius 3 is 1.97 bits per heavy atom. The summed E-state index contributed by atoms with van der Waals surface area (Å²) in [6, 6.07) is 2.45. The third-order valence-corrected chi connectivity index (χ3v) is 3.43. The number of hydrogen-bond donors (Lipinski definition) is 0. The molecule has 29 heavy (non-hydrogen) atoms. The molecule has 0 amide bonds. The van der Waals surface area contributed by atoms with Gasteiger partial charge in [0.25, 0.3) is 0 Å². The van der Waals surface area contributed by atoms with E-state index in [1.807, 2.05) is 0 Å². The van der Waals surface area contributed by atoms with Crippen molar-refractivity contribution < 1.29 is 49.0 Å². The number of esters is 1. The first-order valence-corrected chi connectivity index (χ1v) is 7.64. The topological polar surface area (TPSA) is 42.4 Å². The van der Waals surface area contributed by atoms with Crippen LogP contribution in [0.5, 0.6) is 5.88 Å². The molecule has 0 spiro atoms. The lowest BCUT2D eigenvalue weighted by Crippen LogP contribution is -2.40. The van der Waals surface area contributed by atoms with Gasteiger partial charge in [0.2, 0.25) is 5.88 Å². The number of alkyl halides is 9. The molecule has 0 fully saturated rings. The van der Waals surface area contributed by atoms with Crippen LogP contribution in [0, 0.1) is 0 Å². The van der Waals surface area contributed by atoms with Gasteiger partial charge in [0.05, 0.1) is 11.1 Å². The number of hydrogen-bond acceptors (Lipinski definition) is 4. The number of fused-ring (bicyclic) bond motifs is 1. The fourth-order valence-corrected chi connectivity index (χ4v) is 2.49. The Hall–Kier alpha value is -2.73. The van der Waals surface area contributed by atoms with E-state index >= 15 is 0 Å². The van der Waals surface area contributed by atoms with E-state index in [1.165, 1.54) is 0 Å². The summed E-state index contributed by atoms with van der Waals surface area (Å²) >= 11 is 0. The number of carbonyl (C=O) groups excluding carboxylic acids is 1. The lowest BCUT2D eigenvalue weighted by Gasteiger charge is -2.27. The van der Waals surface area contributed by atoms with Crippen LogP contribution < -0.4 is 9.64 Å². The SMILES string of the molecule is CC(=O)Oc1cc(C(F)(F)F)c2cc(N(CC(F)(F)F)CC(F)(F)F)ccc2n1. The van der Waals surface area contributed by atoms with Gasteiger partial charge in [-0.15, -0.1) is 0 Å². The van der Waals surface area contributed by atoms with Crippen molar-refractivity contribution in [3.63, 3.8) is 0 Å². The van der Waals surface area contributed by atoms with Gasteiger partial charge in [0.15, 0.2) is 0 Å². The number of benzene rings is 1. The molecule has 0 saturated carbocycles. The molecule has 0 unspecified atom stereocenters. The van der Waals surface area contributed by atoms with Crippen molar-refractivity contribution in [3.05, 3.63) is 29.8 Å². The van der Waals surface area contributed by atoms with Crippen LogP contribution >= 0.6 is 0 Å². The van der Waals surface area contributed by atoms with Crippen LogP contribution in [0.1, 0.15) is 12.5 Å². The quantitative estimate of drug-likeness (QED) is 0.496. The van der Waals surface area contributed by atoms with E-state index in [2.05, 4.69) is 9.72 Å². The van der Waals surface area contributed by atoms with Crippen LogP contribution in [0.25, 0.3) is 10.9 Å². The van der Waals surface area contributed by atoms with E-state index in [0.29, 0.717) is 12.1 Å². The molecule has 1 aromatic carbocycles. The fraction of sp³-hybridized carbons (Fsp3) is 0.375. The van der Waals surface area contributed by atoms with Crippen molar-refractivity contribution in [2.45, 2.75) is 25.5 Å². The first-order chi connectivity index (χ1) is 13.0. The third-order valence-electron chi connectivity index (χ3n) is 3.43. The average molecular weight is 434 g/mol. The van der Waals surface area contributed by atoms with Crippen molar-refractivity contribution in [3.8, 4) is 5.88 Å². The highest BCUT2D eigenvalue weighted by Crippen LogP contribution is 2.38. The number of ether oxygens (including phenoxy) is 1. The highest BCUT2D eigenvalue weighted by Gasteiger charge is 2.38. The number of pyridine rings is 1. The van der Waals surface area contributed by atoms with Crippen molar-refractivity contribution in [1.82, 2.24) is 4.98 Å². The molecule has 0 N–H and O–H groups in total. The molecule has 0 aliphatic rings. The highest BCUT2D eigenvalue weighted by molar-refractivity contribution is 5.87. The number of anilines is 1. The van der Waals surface area contributed by atoms with E-state index in [-0.39, 0.29) is 4.90 Å². The van der Waals surface area contributed by atoms with Crippen molar-refractivity contribution in [2.75, 3.05) is 18.0 Å². The zero-order valence-corrected chi connectivity index (χ0v) is 14.3. The van der Waals surface area contributed by atoms with Crippen LogP contribution in [0.3, 0.4) is 0 Å². The molecule has 0 aliphatic heterocycles. The van der Waals surface area contributed by atoms with Crippen molar-refractivity contribution in [1.29, 1.82) is 0 Å². The molecule has 1 aromatic heterocycles. The highest BCUT2D eigenvalue weighted by atomic mass is 19.4. The lowest BCUT2D eigenvalue weighted by molar-refractivity contribution is -0.138. The second-order valence-electron chi connectivity index (χ2n) is 5.89. The molecular formula is C16H11F9N2O2. The average Bonchev–Trinajstić information content (AvgIpc) is 2.48. The van der Waals surface area contributed by atoms with Gasteiger partial charge in [-0.25, -0.2) is 4.98 Å². The Morgan fingerprint density at radius 1 is 0.966 bits per heavy atom. The smallest absolute Gasteiger partial charge is 0.408 e. The molecule has 0 radical (unpaired) electrons. The Kier molecular flexibility index (Phi) is 5.91. The molecule has 4 nitrogen and oxygen atoms in total. The predicted molar refractivity (Wildman–Crippen MR) is 82.4 cm³/mol. The molecule has 0 saturated heterocycles. The lowest BCUT2D eigenvalue weighted by atomic mass is 10.1. The van der Waals surface area contributed by atoms with Gasteiger partial charge in [-0.2, -0.15) is 39.5 Å². The molecule has 2 rings (SSSR count). The van der Waals surface area contributed by atoms with Gasteiger partial charge in [-0.1, -0.05) is 0 Å². The summed E-state index contributed by atoms with van der Waals surface area (Å²) in [4.78, 5) is 14.4. The Labute approximate surface area is 156 Å². The summed E-state index contributed by atoms with van der Waals surface area (Å²) in [5, 5.41) is -0.750. The minimum Gasteiger partial charge on any atom is -0.408 e. The van der Waals surface area contributed by atoms with E-state index in [1.54, 1.807) is 0 Å². The van der Waals surface area contributed by atoms with Gasteiger partial charge >= 0.3 is 24.5 Å². The minimum atomic E-state index is -5.05. The Balaban J connectivity index is 2.64. The molecule has 13 heteroatoms. The molecule has 2 aromatic rings. The second kappa shape index (κ2) is 7.59. The normalized spacial score (nSPS) is 12.9. The monoisotopic (exact) mass is 434 g/mol. The second-order valence-corrected chi connectivity index (χ2v) is 5.89. The van der Waals surface area contributed by atoms with E-state index in [9.17, 15) is 44.3 Å². The van der Waals surface area contributed by atoms with Crippen LogP contribution in [0.4, 0.5) is 45.2 Å². The maximum atomic E-state index is 13.4.